The summed E-state index contributed by atoms with van der Waals surface area (Å²) in [5.74, 6) is -0.0400. The molecular formula is C15H24ClN3O2. The molecule has 0 saturated carbocycles. The molecule has 1 amide bonds. The van der Waals surface area contributed by atoms with Gasteiger partial charge in [-0.3, -0.25) is 4.79 Å². The zero-order chi connectivity index (χ0) is 14.5. The SMILES string of the molecule is C[C@@H](N)C(=O)N(C)Cc1ccccc1N1CCOCC1.Cl. The number of amides is 1. The van der Waals surface area contributed by atoms with Gasteiger partial charge in [0, 0.05) is 32.4 Å². The van der Waals surface area contributed by atoms with Gasteiger partial charge in [0.05, 0.1) is 19.3 Å². The molecule has 0 unspecified atom stereocenters. The Balaban J connectivity index is 0.00000220. The maximum absolute atomic E-state index is 11.9. The van der Waals surface area contributed by atoms with E-state index in [0.717, 1.165) is 31.9 Å². The first-order valence-electron chi connectivity index (χ1n) is 7.00. The van der Waals surface area contributed by atoms with Gasteiger partial charge in [0.2, 0.25) is 5.91 Å². The van der Waals surface area contributed by atoms with Crippen LogP contribution in [-0.2, 0) is 16.1 Å². The highest BCUT2D eigenvalue weighted by Crippen LogP contribution is 2.22. The number of morpholine rings is 1. The number of ether oxygens (including phenoxy) is 1. The molecule has 0 spiro atoms. The Kier molecular flexibility index (Phi) is 6.95. The Morgan fingerprint density at radius 3 is 2.62 bits per heavy atom. The van der Waals surface area contributed by atoms with Gasteiger partial charge in [-0.1, -0.05) is 18.2 Å². The number of likely N-dealkylation sites (N-methyl/N-ethyl adjacent to an activating group) is 1. The summed E-state index contributed by atoms with van der Waals surface area (Å²) < 4.78 is 5.39. The fourth-order valence-corrected chi connectivity index (χ4v) is 2.44. The number of carbonyl (C=O) groups excluding carboxylic acids is 1. The van der Waals surface area contributed by atoms with Crippen LogP contribution in [0.2, 0.25) is 0 Å². The maximum atomic E-state index is 11.9. The van der Waals surface area contributed by atoms with Crippen LogP contribution in [-0.4, -0.2) is 50.2 Å². The molecule has 1 aliphatic heterocycles. The van der Waals surface area contributed by atoms with E-state index in [9.17, 15) is 4.79 Å². The van der Waals surface area contributed by atoms with Crippen molar-refractivity contribution >= 4 is 24.0 Å². The lowest BCUT2D eigenvalue weighted by molar-refractivity contribution is -0.131. The van der Waals surface area contributed by atoms with Crippen molar-refractivity contribution in [3.63, 3.8) is 0 Å². The van der Waals surface area contributed by atoms with Gasteiger partial charge in [-0.15, -0.1) is 12.4 Å². The molecule has 0 bridgehead atoms. The first-order valence-corrected chi connectivity index (χ1v) is 7.00. The van der Waals surface area contributed by atoms with E-state index in [4.69, 9.17) is 10.5 Å². The summed E-state index contributed by atoms with van der Waals surface area (Å²) in [5, 5.41) is 0. The lowest BCUT2D eigenvalue weighted by atomic mass is 10.1. The van der Waals surface area contributed by atoms with Gasteiger partial charge in [0.25, 0.3) is 0 Å². The average Bonchev–Trinajstić information content (AvgIpc) is 2.47. The number of nitrogens with zero attached hydrogens (tertiary/aromatic N) is 2. The first kappa shape index (κ1) is 17.8. The molecular weight excluding hydrogens is 290 g/mol. The van der Waals surface area contributed by atoms with Crippen molar-refractivity contribution in [3.05, 3.63) is 29.8 Å². The molecule has 1 heterocycles. The Morgan fingerprint density at radius 1 is 1.38 bits per heavy atom. The summed E-state index contributed by atoms with van der Waals surface area (Å²) in [5.41, 5.74) is 7.98. The molecule has 1 fully saturated rings. The highest BCUT2D eigenvalue weighted by Gasteiger charge is 2.18. The second-order valence-corrected chi connectivity index (χ2v) is 5.21. The minimum atomic E-state index is -0.462. The third kappa shape index (κ3) is 4.59. The van der Waals surface area contributed by atoms with Crippen LogP contribution in [0.4, 0.5) is 5.69 Å². The van der Waals surface area contributed by atoms with E-state index in [1.165, 1.54) is 5.69 Å². The van der Waals surface area contributed by atoms with Gasteiger partial charge in [-0.25, -0.2) is 0 Å². The van der Waals surface area contributed by atoms with Crippen molar-refractivity contribution < 1.29 is 9.53 Å². The molecule has 6 heteroatoms. The van der Waals surface area contributed by atoms with E-state index in [1.54, 1.807) is 18.9 Å². The molecule has 1 atom stereocenters. The highest BCUT2D eigenvalue weighted by atomic mass is 35.5. The second-order valence-electron chi connectivity index (χ2n) is 5.21. The fraction of sp³-hybridized carbons (Fsp3) is 0.533. The predicted molar refractivity (Wildman–Crippen MR) is 86.8 cm³/mol. The minimum absolute atomic E-state index is 0. The number of para-hydroxylation sites is 1. The molecule has 2 N–H and O–H groups in total. The zero-order valence-electron chi connectivity index (χ0n) is 12.6. The van der Waals surface area contributed by atoms with Crippen LogP contribution < -0.4 is 10.6 Å². The van der Waals surface area contributed by atoms with Gasteiger partial charge in [-0.05, 0) is 18.6 Å². The van der Waals surface area contributed by atoms with Crippen LogP contribution in [0.15, 0.2) is 24.3 Å². The summed E-state index contributed by atoms with van der Waals surface area (Å²) in [7, 11) is 1.79. The summed E-state index contributed by atoms with van der Waals surface area (Å²) in [4.78, 5) is 15.9. The molecule has 5 nitrogen and oxygen atoms in total. The molecule has 21 heavy (non-hydrogen) atoms. The van der Waals surface area contributed by atoms with Crippen LogP contribution in [0, 0.1) is 0 Å². The van der Waals surface area contributed by atoms with Crippen molar-refractivity contribution in [2.75, 3.05) is 38.3 Å². The molecule has 1 saturated heterocycles. The van der Waals surface area contributed by atoms with Gasteiger partial charge >= 0.3 is 0 Å². The number of hydrogen-bond acceptors (Lipinski definition) is 4. The van der Waals surface area contributed by atoms with E-state index in [2.05, 4.69) is 17.0 Å². The van der Waals surface area contributed by atoms with Gasteiger partial charge in [0.15, 0.2) is 0 Å². The number of hydrogen-bond donors (Lipinski definition) is 1. The summed E-state index contributed by atoms with van der Waals surface area (Å²) >= 11 is 0. The van der Waals surface area contributed by atoms with E-state index < -0.39 is 6.04 Å². The Labute approximate surface area is 132 Å². The third-order valence-corrected chi connectivity index (χ3v) is 3.52. The molecule has 0 aromatic heterocycles. The third-order valence-electron chi connectivity index (χ3n) is 3.52. The zero-order valence-corrected chi connectivity index (χ0v) is 13.4. The van der Waals surface area contributed by atoms with Crippen molar-refractivity contribution in [2.24, 2.45) is 5.73 Å². The van der Waals surface area contributed by atoms with Gasteiger partial charge in [-0.2, -0.15) is 0 Å². The lowest BCUT2D eigenvalue weighted by Gasteiger charge is -2.31. The van der Waals surface area contributed by atoms with Crippen molar-refractivity contribution in [3.8, 4) is 0 Å². The van der Waals surface area contributed by atoms with Crippen LogP contribution >= 0.6 is 12.4 Å². The van der Waals surface area contributed by atoms with Crippen LogP contribution in [0.5, 0.6) is 0 Å². The number of halogens is 1. The van der Waals surface area contributed by atoms with Gasteiger partial charge < -0.3 is 20.3 Å². The fourth-order valence-electron chi connectivity index (χ4n) is 2.44. The van der Waals surface area contributed by atoms with E-state index in [1.807, 2.05) is 12.1 Å². The lowest BCUT2D eigenvalue weighted by Crippen LogP contribution is -2.40. The number of carbonyl (C=O) groups is 1. The largest absolute Gasteiger partial charge is 0.378 e. The average molecular weight is 314 g/mol. The maximum Gasteiger partial charge on any atom is 0.239 e. The van der Waals surface area contributed by atoms with Crippen LogP contribution in [0.1, 0.15) is 12.5 Å². The Bertz CT molecular complexity index is 462. The summed E-state index contributed by atoms with van der Waals surface area (Å²) in [6, 6.07) is 7.74. The minimum Gasteiger partial charge on any atom is -0.378 e. The molecule has 2 rings (SSSR count). The normalized spacial score (nSPS) is 16.0. The monoisotopic (exact) mass is 313 g/mol. The second kappa shape index (κ2) is 8.22. The van der Waals surface area contributed by atoms with Crippen molar-refractivity contribution in [1.82, 2.24) is 4.90 Å². The van der Waals surface area contributed by atoms with Crippen molar-refractivity contribution in [1.29, 1.82) is 0 Å². The highest BCUT2D eigenvalue weighted by molar-refractivity contribution is 5.85. The number of anilines is 1. The van der Waals surface area contributed by atoms with Crippen LogP contribution in [0.3, 0.4) is 0 Å². The molecule has 1 aromatic rings. The topological polar surface area (TPSA) is 58.8 Å². The van der Waals surface area contributed by atoms with E-state index in [-0.39, 0.29) is 18.3 Å². The quantitative estimate of drug-likeness (QED) is 0.909. The smallest absolute Gasteiger partial charge is 0.239 e. The standard InChI is InChI=1S/C15H23N3O2.ClH/c1-12(16)15(19)17(2)11-13-5-3-4-6-14(13)18-7-9-20-10-8-18;/h3-6,12H,7-11,16H2,1-2H3;1H/t12-;/m1./s1. The molecule has 1 aromatic carbocycles. The summed E-state index contributed by atoms with van der Waals surface area (Å²) in [6.45, 7) is 5.58. The molecule has 1 aliphatic rings. The van der Waals surface area contributed by atoms with Crippen LogP contribution in [0.25, 0.3) is 0 Å². The number of nitrogens with two attached hydrogens (primary N) is 1. The predicted octanol–water partition coefficient (Wildman–Crippen LogP) is 1.25. The summed E-state index contributed by atoms with van der Waals surface area (Å²) in [6.07, 6.45) is 0. The molecule has 118 valence electrons. The van der Waals surface area contributed by atoms with E-state index in [0.29, 0.717) is 6.54 Å². The Hall–Kier alpha value is -1.30. The number of benzene rings is 1. The molecule has 0 aliphatic carbocycles. The molecule has 0 radical (unpaired) electrons. The van der Waals surface area contributed by atoms with Gasteiger partial charge in [0.1, 0.15) is 0 Å². The first-order chi connectivity index (χ1) is 9.59. The van der Waals surface area contributed by atoms with E-state index >= 15 is 0 Å². The Morgan fingerprint density at radius 2 is 2.00 bits per heavy atom. The van der Waals surface area contributed by atoms with Crippen molar-refractivity contribution in [2.45, 2.75) is 19.5 Å². The number of rotatable bonds is 4.